The zero-order valence-corrected chi connectivity index (χ0v) is 27.7. The molecule has 1 aliphatic heterocycles. The molecule has 0 spiro atoms. The van der Waals surface area contributed by atoms with Gasteiger partial charge >= 0.3 is 0 Å². The average Bonchev–Trinajstić information content (AvgIpc) is 3.92. The summed E-state index contributed by atoms with van der Waals surface area (Å²) in [5.74, 6) is 1.13. The van der Waals surface area contributed by atoms with Gasteiger partial charge in [0.05, 0.1) is 33.5 Å². The van der Waals surface area contributed by atoms with Gasteiger partial charge in [0.2, 0.25) is 11.8 Å². The van der Waals surface area contributed by atoms with E-state index in [1.807, 2.05) is 48.5 Å². The highest BCUT2D eigenvalue weighted by atomic mass is 35.5. The molecule has 1 aliphatic carbocycles. The van der Waals surface area contributed by atoms with Crippen molar-refractivity contribution in [3.63, 3.8) is 0 Å². The lowest BCUT2D eigenvalue weighted by Gasteiger charge is -2.38. The van der Waals surface area contributed by atoms with Gasteiger partial charge in [-0.15, -0.1) is 0 Å². The summed E-state index contributed by atoms with van der Waals surface area (Å²) in [4.78, 5) is 30.7. The van der Waals surface area contributed by atoms with Crippen LogP contribution in [0.4, 0.5) is 5.69 Å². The molecule has 2 aliphatic rings. The van der Waals surface area contributed by atoms with E-state index in [2.05, 4.69) is 5.32 Å². The van der Waals surface area contributed by atoms with Crippen LogP contribution in [0, 0.1) is 5.21 Å². The summed E-state index contributed by atoms with van der Waals surface area (Å²) < 4.78 is 23.0. The second-order valence-corrected chi connectivity index (χ2v) is 12.1. The van der Waals surface area contributed by atoms with Gasteiger partial charge in [0.25, 0.3) is 0 Å². The van der Waals surface area contributed by atoms with Crippen molar-refractivity contribution in [3.8, 4) is 11.5 Å². The number of anilines is 1. The lowest BCUT2D eigenvalue weighted by Crippen LogP contribution is -2.61. The largest absolute Gasteiger partial charge is 0.618 e. The SMILES string of the molecule is COCCCc1cc(CN(C(=O)[C@H]2CNCC(=O)N2c2ccc(OCCCOCc3ccccc3OC)cc2)C2CC2)c(Cl)c[n+]1[O-]. The number of para-hydroxylation sites is 1. The molecular formula is C35H43ClN4O7. The van der Waals surface area contributed by atoms with Crippen molar-refractivity contribution in [3.05, 3.63) is 87.8 Å². The summed E-state index contributed by atoms with van der Waals surface area (Å²) in [6.07, 6.45) is 5.04. The molecule has 5 rings (SSSR count). The van der Waals surface area contributed by atoms with E-state index in [1.54, 1.807) is 30.1 Å². The molecular weight excluding hydrogens is 624 g/mol. The monoisotopic (exact) mass is 666 g/mol. The number of nitrogens with one attached hydrogen (secondary N) is 1. The zero-order chi connectivity index (χ0) is 33.2. The van der Waals surface area contributed by atoms with E-state index in [1.165, 1.54) is 6.20 Å². The van der Waals surface area contributed by atoms with Crippen molar-refractivity contribution in [1.82, 2.24) is 10.2 Å². The number of benzene rings is 2. The van der Waals surface area contributed by atoms with Crippen molar-refractivity contribution in [2.45, 2.75) is 57.3 Å². The minimum atomic E-state index is -0.725. The maximum atomic E-state index is 14.1. The summed E-state index contributed by atoms with van der Waals surface area (Å²) >= 11 is 6.50. The number of rotatable bonds is 17. The number of nitrogens with zero attached hydrogens (tertiary/aromatic N) is 3. The van der Waals surface area contributed by atoms with Crippen LogP contribution in [0.25, 0.3) is 0 Å². The summed E-state index contributed by atoms with van der Waals surface area (Å²) in [6.45, 7) is 2.73. The van der Waals surface area contributed by atoms with Crippen molar-refractivity contribution in [1.29, 1.82) is 0 Å². The lowest BCUT2D eigenvalue weighted by molar-refractivity contribution is -0.614. The highest BCUT2D eigenvalue weighted by molar-refractivity contribution is 6.31. The summed E-state index contributed by atoms with van der Waals surface area (Å²) in [5.41, 5.74) is 2.90. The first-order valence-electron chi connectivity index (χ1n) is 16.0. The van der Waals surface area contributed by atoms with Gasteiger partial charge in [0, 0.05) is 68.6 Å². The minimum absolute atomic E-state index is 0.0587. The molecule has 0 bridgehead atoms. The number of aryl methyl sites for hydroxylation is 1. The number of carbonyl (C=O) groups excluding carboxylic acids is 2. The molecule has 2 fully saturated rings. The molecule has 1 N–H and O–H groups in total. The predicted octanol–water partition coefficient (Wildman–Crippen LogP) is 4.04. The smallest absolute Gasteiger partial charge is 0.247 e. The molecule has 2 heterocycles. The molecule has 1 saturated carbocycles. The molecule has 3 aromatic rings. The molecule has 1 atom stereocenters. The second kappa shape index (κ2) is 16.8. The highest BCUT2D eigenvalue weighted by Crippen LogP contribution is 2.32. The van der Waals surface area contributed by atoms with E-state index in [0.717, 1.165) is 28.9 Å². The summed E-state index contributed by atoms with van der Waals surface area (Å²) in [7, 11) is 3.27. The number of pyridine rings is 1. The first-order valence-corrected chi connectivity index (χ1v) is 16.4. The zero-order valence-electron chi connectivity index (χ0n) is 27.0. The molecule has 12 heteroatoms. The van der Waals surface area contributed by atoms with Gasteiger partial charge in [-0.3, -0.25) is 14.5 Å². The maximum absolute atomic E-state index is 14.1. The van der Waals surface area contributed by atoms with Crippen LogP contribution < -0.4 is 24.4 Å². The molecule has 2 aromatic carbocycles. The van der Waals surface area contributed by atoms with Crippen LogP contribution in [0.15, 0.2) is 60.8 Å². The molecule has 47 heavy (non-hydrogen) atoms. The molecule has 252 valence electrons. The number of aromatic nitrogens is 1. The van der Waals surface area contributed by atoms with Crippen LogP contribution in [0.5, 0.6) is 11.5 Å². The standard InChI is InChI=1S/C35H43ClN4O7/c1-44-16-5-8-29-19-26(31(36)23-39(29)43)22-38(27-10-11-27)35(42)32-20-37-21-34(41)40(32)28-12-14-30(15-13-28)47-18-6-17-46-24-25-7-3-4-9-33(25)45-2/h3-4,7,9,12-15,19,23,27,32,37H,5-6,8,10-11,16-18,20-22,24H2,1-2H3/t32-/m1/s1. The van der Waals surface area contributed by atoms with E-state index in [0.29, 0.717) is 80.0 Å². The van der Waals surface area contributed by atoms with E-state index in [9.17, 15) is 14.8 Å². The number of ether oxygens (including phenoxy) is 4. The number of amides is 2. The number of hydrogen-bond donors (Lipinski definition) is 1. The Morgan fingerprint density at radius 3 is 2.60 bits per heavy atom. The van der Waals surface area contributed by atoms with Crippen molar-refractivity contribution >= 4 is 29.1 Å². The first-order chi connectivity index (χ1) is 22.9. The number of piperazine rings is 1. The third kappa shape index (κ3) is 9.13. The molecule has 0 radical (unpaired) electrons. The lowest BCUT2D eigenvalue weighted by atomic mass is 10.1. The predicted molar refractivity (Wildman–Crippen MR) is 178 cm³/mol. The van der Waals surface area contributed by atoms with Crippen LogP contribution in [0.2, 0.25) is 5.02 Å². The molecule has 0 unspecified atom stereocenters. The number of carbonyl (C=O) groups is 2. The van der Waals surface area contributed by atoms with Crippen molar-refractivity contribution < 1.29 is 33.3 Å². The fourth-order valence-corrected chi connectivity index (χ4v) is 5.90. The van der Waals surface area contributed by atoms with Gasteiger partial charge in [0.1, 0.15) is 22.6 Å². The van der Waals surface area contributed by atoms with Gasteiger partial charge in [-0.25, -0.2) is 0 Å². The summed E-state index contributed by atoms with van der Waals surface area (Å²) in [6, 6.07) is 16.1. The van der Waals surface area contributed by atoms with Crippen molar-refractivity contribution in [2.75, 3.05) is 52.0 Å². The van der Waals surface area contributed by atoms with E-state index < -0.39 is 6.04 Å². The Morgan fingerprint density at radius 2 is 1.85 bits per heavy atom. The molecule has 11 nitrogen and oxygen atoms in total. The number of halogens is 1. The van der Waals surface area contributed by atoms with Gasteiger partial charge in [-0.2, -0.15) is 4.73 Å². The number of hydrogen-bond acceptors (Lipinski definition) is 8. The second-order valence-electron chi connectivity index (χ2n) is 11.7. The fraction of sp³-hybridized carbons (Fsp3) is 0.457. The Kier molecular flexibility index (Phi) is 12.3. The van der Waals surface area contributed by atoms with E-state index >= 15 is 0 Å². The van der Waals surface area contributed by atoms with Crippen LogP contribution in [-0.2, 0) is 38.6 Å². The Hall–Kier alpha value is -3.90. The van der Waals surface area contributed by atoms with E-state index in [-0.39, 0.29) is 30.9 Å². The van der Waals surface area contributed by atoms with Crippen molar-refractivity contribution in [2.24, 2.45) is 0 Å². The van der Waals surface area contributed by atoms with Crippen LogP contribution >= 0.6 is 11.6 Å². The molecule has 1 saturated heterocycles. The quantitative estimate of drug-likeness (QED) is 0.130. The van der Waals surface area contributed by atoms with E-state index in [4.69, 9.17) is 30.5 Å². The van der Waals surface area contributed by atoms with Gasteiger partial charge in [-0.05, 0) is 49.6 Å². The highest BCUT2D eigenvalue weighted by Gasteiger charge is 2.41. The van der Waals surface area contributed by atoms with Gasteiger partial charge < -0.3 is 34.4 Å². The molecule has 2 amide bonds. The minimum Gasteiger partial charge on any atom is -0.618 e. The Bertz CT molecular complexity index is 1500. The normalized spacial score (nSPS) is 16.3. The number of methoxy groups -OCH3 is 2. The summed E-state index contributed by atoms with van der Waals surface area (Å²) in [5, 5.41) is 15.9. The molecule has 1 aromatic heterocycles. The van der Waals surface area contributed by atoms with Gasteiger partial charge in [-0.1, -0.05) is 29.8 Å². The Labute approximate surface area is 280 Å². The van der Waals surface area contributed by atoms with Crippen LogP contribution in [0.3, 0.4) is 0 Å². The topological polar surface area (TPSA) is 117 Å². The van der Waals surface area contributed by atoms with Crippen LogP contribution in [-0.4, -0.2) is 75.9 Å². The third-order valence-electron chi connectivity index (χ3n) is 8.30. The van der Waals surface area contributed by atoms with Gasteiger partial charge in [0.15, 0.2) is 11.9 Å². The van der Waals surface area contributed by atoms with Crippen LogP contribution in [0.1, 0.15) is 42.5 Å². The third-order valence-corrected chi connectivity index (χ3v) is 8.64. The maximum Gasteiger partial charge on any atom is 0.247 e. The average molecular weight is 667 g/mol. The first kappa shape index (κ1) is 34.4. The Balaban J connectivity index is 1.19. The Morgan fingerprint density at radius 1 is 1.06 bits per heavy atom. The fourth-order valence-electron chi connectivity index (χ4n) is 5.70.